The van der Waals surface area contributed by atoms with Gasteiger partial charge in [0.25, 0.3) is 0 Å². The lowest BCUT2D eigenvalue weighted by molar-refractivity contribution is -0.119. The number of halogens is 1. The van der Waals surface area contributed by atoms with Gasteiger partial charge in [-0.1, -0.05) is 0 Å². The average molecular weight is 183 g/mol. The van der Waals surface area contributed by atoms with E-state index in [2.05, 4.69) is 0 Å². The van der Waals surface area contributed by atoms with Gasteiger partial charge in [0.05, 0.1) is 0 Å². The molecule has 13 heavy (non-hydrogen) atoms. The summed E-state index contributed by atoms with van der Waals surface area (Å²) in [6.07, 6.45) is 5.89. The molecule has 0 aromatic rings. The summed E-state index contributed by atoms with van der Waals surface area (Å²) in [6, 6.07) is 0. The minimum Gasteiger partial charge on any atom is -0.328 e. The van der Waals surface area contributed by atoms with Crippen LogP contribution in [0.3, 0.4) is 0 Å². The highest BCUT2D eigenvalue weighted by Gasteiger charge is 2.57. The number of alkyl halides is 1. The molecule has 4 saturated carbocycles. The average Bonchev–Trinajstić information content (AvgIpc) is 2.13. The van der Waals surface area contributed by atoms with Gasteiger partial charge in [-0.15, -0.1) is 0 Å². The Kier molecular flexibility index (Phi) is 1.56. The molecule has 0 amide bonds. The molecule has 4 fully saturated rings. The second kappa shape index (κ2) is 2.47. The molecule has 0 atom stereocenters. The molecule has 0 heterocycles. The summed E-state index contributed by atoms with van der Waals surface area (Å²) < 4.78 is 14.5. The normalized spacial score (nSPS) is 58.6. The number of rotatable bonds is 1. The third-order valence-corrected chi connectivity index (χ3v) is 4.81. The number of nitrogens with two attached hydrogens (primary N) is 1. The van der Waals surface area contributed by atoms with E-state index in [0.717, 1.165) is 37.5 Å². The Morgan fingerprint density at radius 3 is 1.85 bits per heavy atom. The summed E-state index contributed by atoms with van der Waals surface area (Å²) in [4.78, 5) is 0. The standard InChI is InChI=1S/C11H18FN/c12-11(6-13)9-2-7-1-8(4-9)5-10(11)3-7/h7-10H,1-6,13H2. The Hall–Kier alpha value is -0.110. The highest BCUT2D eigenvalue weighted by Crippen LogP contribution is 2.59. The second-order valence-electron chi connectivity index (χ2n) is 5.44. The molecule has 0 aromatic heterocycles. The highest BCUT2D eigenvalue weighted by atomic mass is 19.1. The fourth-order valence-corrected chi connectivity index (χ4v) is 4.30. The van der Waals surface area contributed by atoms with Crippen molar-refractivity contribution >= 4 is 0 Å². The zero-order valence-electron chi connectivity index (χ0n) is 8.01. The van der Waals surface area contributed by atoms with E-state index in [4.69, 9.17) is 5.73 Å². The van der Waals surface area contributed by atoms with Gasteiger partial charge >= 0.3 is 0 Å². The summed E-state index contributed by atoms with van der Waals surface area (Å²) in [5, 5.41) is 0. The largest absolute Gasteiger partial charge is 0.328 e. The van der Waals surface area contributed by atoms with Crippen LogP contribution in [0, 0.1) is 23.7 Å². The summed E-state index contributed by atoms with van der Waals surface area (Å²) in [7, 11) is 0. The summed E-state index contributed by atoms with van der Waals surface area (Å²) in [6.45, 7) is 0.266. The van der Waals surface area contributed by atoms with E-state index in [9.17, 15) is 4.39 Å². The van der Waals surface area contributed by atoms with Crippen molar-refractivity contribution < 1.29 is 4.39 Å². The number of hydrogen-bond acceptors (Lipinski definition) is 1. The van der Waals surface area contributed by atoms with Crippen molar-refractivity contribution in [2.75, 3.05) is 6.54 Å². The lowest BCUT2D eigenvalue weighted by Crippen LogP contribution is -2.58. The Balaban J connectivity index is 1.93. The molecule has 0 aromatic carbocycles. The molecule has 4 aliphatic rings. The molecular formula is C11H18FN. The van der Waals surface area contributed by atoms with E-state index < -0.39 is 5.67 Å². The van der Waals surface area contributed by atoms with Crippen LogP contribution in [0.15, 0.2) is 0 Å². The monoisotopic (exact) mass is 183 g/mol. The van der Waals surface area contributed by atoms with E-state index in [1.807, 2.05) is 0 Å². The van der Waals surface area contributed by atoms with Crippen LogP contribution in [-0.4, -0.2) is 12.2 Å². The molecule has 0 saturated heterocycles. The molecule has 2 heteroatoms. The smallest absolute Gasteiger partial charge is 0.128 e. The molecule has 4 aliphatic carbocycles. The van der Waals surface area contributed by atoms with Crippen molar-refractivity contribution in [3.63, 3.8) is 0 Å². The van der Waals surface area contributed by atoms with Crippen molar-refractivity contribution in [2.45, 2.75) is 37.8 Å². The van der Waals surface area contributed by atoms with Crippen LogP contribution >= 0.6 is 0 Å². The summed E-state index contributed by atoms with van der Waals surface area (Å²) in [5.74, 6) is 2.32. The van der Waals surface area contributed by atoms with Gasteiger partial charge in [0, 0.05) is 6.54 Å². The predicted molar refractivity (Wildman–Crippen MR) is 49.9 cm³/mol. The Morgan fingerprint density at radius 2 is 1.46 bits per heavy atom. The molecule has 4 bridgehead atoms. The van der Waals surface area contributed by atoms with Crippen molar-refractivity contribution in [3.8, 4) is 0 Å². The van der Waals surface area contributed by atoms with E-state index in [1.165, 1.54) is 6.42 Å². The van der Waals surface area contributed by atoms with Crippen LogP contribution in [0.1, 0.15) is 32.1 Å². The van der Waals surface area contributed by atoms with Crippen molar-refractivity contribution in [3.05, 3.63) is 0 Å². The maximum atomic E-state index is 14.5. The quantitative estimate of drug-likeness (QED) is 0.662. The van der Waals surface area contributed by atoms with Gasteiger partial charge in [0.2, 0.25) is 0 Å². The minimum absolute atomic E-state index is 0.266. The Labute approximate surface area is 78.9 Å². The van der Waals surface area contributed by atoms with E-state index in [1.54, 1.807) is 0 Å². The third kappa shape index (κ3) is 0.955. The van der Waals surface area contributed by atoms with Gasteiger partial charge in [0.1, 0.15) is 5.67 Å². The fourth-order valence-electron chi connectivity index (χ4n) is 4.30. The van der Waals surface area contributed by atoms with Crippen molar-refractivity contribution in [1.29, 1.82) is 0 Å². The van der Waals surface area contributed by atoms with Crippen LogP contribution in [-0.2, 0) is 0 Å². The van der Waals surface area contributed by atoms with E-state index >= 15 is 0 Å². The molecule has 0 spiro atoms. The Morgan fingerprint density at radius 1 is 1.00 bits per heavy atom. The van der Waals surface area contributed by atoms with Crippen molar-refractivity contribution in [1.82, 2.24) is 0 Å². The molecule has 2 N–H and O–H groups in total. The molecule has 1 nitrogen and oxygen atoms in total. The summed E-state index contributed by atoms with van der Waals surface area (Å²) in [5.41, 5.74) is 4.63. The number of hydrogen-bond donors (Lipinski definition) is 1. The summed E-state index contributed by atoms with van der Waals surface area (Å²) >= 11 is 0. The highest BCUT2D eigenvalue weighted by molar-refractivity contribution is 5.07. The van der Waals surface area contributed by atoms with E-state index in [-0.39, 0.29) is 6.54 Å². The van der Waals surface area contributed by atoms with Crippen LogP contribution in [0.5, 0.6) is 0 Å². The molecule has 0 radical (unpaired) electrons. The van der Waals surface area contributed by atoms with E-state index in [0.29, 0.717) is 11.8 Å². The first-order chi connectivity index (χ1) is 6.22. The molecule has 74 valence electrons. The van der Waals surface area contributed by atoms with Gasteiger partial charge in [0.15, 0.2) is 0 Å². The zero-order chi connectivity index (χ0) is 9.05. The predicted octanol–water partition coefficient (Wildman–Crippen LogP) is 2.11. The van der Waals surface area contributed by atoms with Gasteiger partial charge in [-0.3, -0.25) is 0 Å². The lowest BCUT2D eigenvalue weighted by atomic mass is 9.50. The van der Waals surface area contributed by atoms with Crippen LogP contribution in [0.25, 0.3) is 0 Å². The minimum atomic E-state index is -0.979. The second-order valence-corrected chi connectivity index (χ2v) is 5.44. The molecule has 0 unspecified atom stereocenters. The first-order valence-electron chi connectivity index (χ1n) is 5.61. The SMILES string of the molecule is NCC1(F)C2CC3CC(C2)CC1C3. The Bertz CT molecular complexity index is 198. The zero-order valence-corrected chi connectivity index (χ0v) is 8.01. The molecular weight excluding hydrogens is 165 g/mol. The molecule has 4 rings (SSSR count). The van der Waals surface area contributed by atoms with Gasteiger partial charge in [-0.2, -0.15) is 0 Å². The first-order valence-corrected chi connectivity index (χ1v) is 5.61. The topological polar surface area (TPSA) is 26.0 Å². The van der Waals surface area contributed by atoms with Gasteiger partial charge < -0.3 is 5.73 Å². The van der Waals surface area contributed by atoms with Gasteiger partial charge in [-0.25, -0.2) is 4.39 Å². The lowest BCUT2D eigenvalue weighted by Gasteiger charge is -2.57. The van der Waals surface area contributed by atoms with Crippen LogP contribution in [0.2, 0.25) is 0 Å². The van der Waals surface area contributed by atoms with Crippen LogP contribution in [0.4, 0.5) is 4.39 Å². The van der Waals surface area contributed by atoms with Crippen molar-refractivity contribution in [2.24, 2.45) is 29.4 Å². The fraction of sp³-hybridized carbons (Fsp3) is 1.00. The van der Waals surface area contributed by atoms with Crippen LogP contribution < -0.4 is 5.73 Å². The molecule has 0 aliphatic heterocycles. The maximum Gasteiger partial charge on any atom is 0.128 e. The maximum absolute atomic E-state index is 14.5. The third-order valence-electron chi connectivity index (χ3n) is 4.81. The first kappa shape index (κ1) is 8.22. The van der Waals surface area contributed by atoms with Gasteiger partial charge in [-0.05, 0) is 55.8 Å².